The maximum absolute atomic E-state index is 14.6. The van der Waals surface area contributed by atoms with Gasteiger partial charge in [0, 0.05) is 22.9 Å². The Kier molecular flexibility index (Phi) is 9.21. The number of rotatable bonds is 12. The first kappa shape index (κ1) is 23.9. The minimum Gasteiger partial charge on any atom is -0.497 e. The Morgan fingerprint density at radius 2 is 1.48 bits per heavy atom. The van der Waals surface area contributed by atoms with Crippen LogP contribution >= 0.6 is 14.3 Å². The summed E-state index contributed by atoms with van der Waals surface area (Å²) >= 11 is 0. The van der Waals surface area contributed by atoms with Crippen LogP contribution in [0.15, 0.2) is 48.5 Å². The highest BCUT2D eigenvalue weighted by molar-refractivity contribution is 7.88. The van der Waals surface area contributed by atoms with Gasteiger partial charge in [-0.3, -0.25) is 0 Å². The maximum atomic E-state index is 14.6. The molecular weight excluding hydrogens is 402 g/mol. The van der Waals surface area contributed by atoms with E-state index in [0.717, 1.165) is 25.7 Å². The Morgan fingerprint density at radius 1 is 0.897 bits per heavy atom. The van der Waals surface area contributed by atoms with Crippen molar-refractivity contribution in [3.8, 4) is 5.75 Å². The fraction of sp³-hybridized carbons (Fsp3) is 0.478. The molecule has 0 aliphatic heterocycles. The minimum absolute atomic E-state index is 0.116. The molecule has 6 heteroatoms. The molecule has 1 unspecified atom stereocenters. The molecule has 160 valence electrons. The average Bonchev–Trinajstić information content (AvgIpc) is 2.76. The molecule has 0 aliphatic carbocycles. The number of hydrogen-bond acceptors (Lipinski definition) is 4. The van der Waals surface area contributed by atoms with E-state index in [4.69, 9.17) is 4.74 Å². The van der Waals surface area contributed by atoms with E-state index in [9.17, 15) is 14.2 Å². The molecule has 0 aromatic heterocycles. The second-order valence-electron chi connectivity index (χ2n) is 7.62. The lowest BCUT2D eigenvalue weighted by atomic mass is 10.2. The van der Waals surface area contributed by atoms with Gasteiger partial charge in [0.15, 0.2) is 0 Å². The van der Waals surface area contributed by atoms with Gasteiger partial charge in [-0.1, -0.05) is 57.0 Å². The van der Waals surface area contributed by atoms with E-state index in [0.29, 0.717) is 34.2 Å². The number of unbranched alkanes of at least 4 members (excludes halogenated alkanes) is 2. The minimum atomic E-state index is -3.16. The van der Waals surface area contributed by atoms with Crippen molar-refractivity contribution in [2.24, 2.45) is 0 Å². The molecule has 0 heterocycles. The van der Waals surface area contributed by atoms with Crippen molar-refractivity contribution in [3.63, 3.8) is 0 Å². The molecule has 0 fully saturated rings. The van der Waals surface area contributed by atoms with Gasteiger partial charge < -0.3 is 19.0 Å². The third-order valence-electron chi connectivity index (χ3n) is 5.28. The highest BCUT2D eigenvalue weighted by Crippen LogP contribution is 2.61. The summed E-state index contributed by atoms with van der Waals surface area (Å²) in [7, 11) is -4.19. The number of ether oxygens (including phenoxy) is 1. The van der Waals surface area contributed by atoms with Crippen molar-refractivity contribution in [2.75, 3.05) is 25.3 Å². The van der Waals surface area contributed by atoms with Crippen molar-refractivity contribution in [3.05, 3.63) is 54.1 Å². The fourth-order valence-corrected chi connectivity index (χ4v) is 12.5. The molecule has 1 N–H and O–H groups in total. The molecule has 0 saturated heterocycles. The molecule has 1 atom stereocenters. The summed E-state index contributed by atoms with van der Waals surface area (Å²) in [6.07, 6.45) is 4.99. The Hall–Kier alpha value is -1.34. The number of methoxy groups -OCH3 is 1. The zero-order valence-electron chi connectivity index (χ0n) is 17.8. The lowest BCUT2D eigenvalue weighted by molar-refractivity contribution is 0.282. The number of aliphatic hydroxyl groups excluding tert-OH is 1. The molecule has 2 aromatic carbocycles. The first-order chi connectivity index (χ1) is 13.9. The molecule has 29 heavy (non-hydrogen) atoms. The van der Waals surface area contributed by atoms with E-state index in [1.807, 2.05) is 36.4 Å². The van der Waals surface area contributed by atoms with E-state index >= 15 is 0 Å². The van der Waals surface area contributed by atoms with Crippen LogP contribution in [-0.2, 0) is 15.7 Å². The summed E-state index contributed by atoms with van der Waals surface area (Å²) in [6, 6.07) is 14.6. The molecule has 0 radical (unpaired) electrons. The van der Waals surface area contributed by atoms with Crippen LogP contribution in [0.3, 0.4) is 0 Å². The highest BCUT2D eigenvalue weighted by Gasteiger charge is 2.36. The first-order valence-electron chi connectivity index (χ1n) is 10.4. The zero-order valence-corrected chi connectivity index (χ0v) is 19.6. The lowest BCUT2D eigenvalue weighted by Gasteiger charge is -2.26. The molecule has 0 bridgehead atoms. The Bertz CT molecular complexity index is 815. The second kappa shape index (κ2) is 11.2. The SMILES string of the molecule is CCCCP(=O)(CCCC)CP(=O)(c1cccc(CO)c1)c1cccc(OC)c1. The highest BCUT2D eigenvalue weighted by atomic mass is 31.2. The van der Waals surface area contributed by atoms with Crippen LogP contribution in [0.2, 0.25) is 0 Å². The number of hydrogen-bond donors (Lipinski definition) is 1. The summed E-state index contributed by atoms with van der Waals surface area (Å²) < 4.78 is 33.9. The van der Waals surface area contributed by atoms with Gasteiger partial charge in [-0.05, 0) is 36.6 Å². The topological polar surface area (TPSA) is 63.6 Å². The summed E-state index contributed by atoms with van der Waals surface area (Å²) in [6.45, 7) is 4.07. The Balaban J connectivity index is 2.58. The standard InChI is InChI=1S/C23H34O4P2/c1-4-6-14-28(25,15-7-5-2)19-29(26,22-12-8-10-20(16-22)18-24)23-13-9-11-21(17-23)27-3/h8-13,16-17,24H,4-7,14-15,18-19H2,1-3H3. The molecule has 0 aliphatic rings. The third kappa shape index (κ3) is 6.32. The van der Waals surface area contributed by atoms with Gasteiger partial charge in [-0.25, -0.2) is 0 Å². The average molecular weight is 436 g/mol. The van der Waals surface area contributed by atoms with Gasteiger partial charge >= 0.3 is 0 Å². The Labute approximate surface area is 175 Å². The third-order valence-corrected chi connectivity index (χ3v) is 13.4. The summed E-state index contributed by atoms with van der Waals surface area (Å²) in [5.74, 6) is 0.834. The van der Waals surface area contributed by atoms with Gasteiger partial charge in [-0.15, -0.1) is 0 Å². The maximum Gasteiger partial charge on any atom is 0.150 e. The molecule has 2 rings (SSSR count). The quantitative estimate of drug-likeness (QED) is 0.451. The van der Waals surface area contributed by atoms with Gasteiger partial charge in [0.2, 0.25) is 0 Å². The van der Waals surface area contributed by atoms with Crippen LogP contribution in [0, 0.1) is 0 Å². The van der Waals surface area contributed by atoms with E-state index in [1.165, 1.54) is 0 Å². The van der Waals surface area contributed by atoms with E-state index in [1.54, 1.807) is 19.2 Å². The van der Waals surface area contributed by atoms with Crippen LogP contribution < -0.4 is 15.3 Å². The molecule has 0 saturated carbocycles. The largest absolute Gasteiger partial charge is 0.497 e. The van der Waals surface area contributed by atoms with Gasteiger partial charge in [0.05, 0.1) is 26.8 Å². The van der Waals surface area contributed by atoms with Gasteiger partial charge in [0.1, 0.15) is 12.9 Å². The van der Waals surface area contributed by atoms with Gasteiger partial charge in [-0.2, -0.15) is 0 Å². The van der Waals surface area contributed by atoms with Crippen molar-refractivity contribution >= 4 is 24.9 Å². The molecular formula is C23H34O4P2. The van der Waals surface area contributed by atoms with Crippen molar-refractivity contribution < 1.29 is 19.0 Å². The Morgan fingerprint density at radius 3 is 2.03 bits per heavy atom. The molecule has 0 spiro atoms. The molecule has 4 nitrogen and oxygen atoms in total. The fourth-order valence-electron chi connectivity index (χ4n) is 3.54. The number of benzene rings is 2. The first-order valence-corrected chi connectivity index (χ1v) is 14.6. The monoisotopic (exact) mass is 436 g/mol. The molecule has 0 amide bonds. The lowest BCUT2D eigenvalue weighted by Crippen LogP contribution is -2.20. The predicted octanol–water partition coefficient (Wildman–Crippen LogP) is 5.42. The van der Waals surface area contributed by atoms with Crippen molar-refractivity contribution in [2.45, 2.75) is 46.1 Å². The van der Waals surface area contributed by atoms with E-state index in [2.05, 4.69) is 13.8 Å². The van der Waals surface area contributed by atoms with Crippen molar-refractivity contribution in [1.29, 1.82) is 0 Å². The van der Waals surface area contributed by atoms with Crippen molar-refractivity contribution in [1.82, 2.24) is 0 Å². The van der Waals surface area contributed by atoms with Crippen LogP contribution in [0.5, 0.6) is 5.75 Å². The summed E-state index contributed by atoms with van der Waals surface area (Å²) in [4.78, 5) is 0. The smallest absolute Gasteiger partial charge is 0.150 e. The zero-order chi connectivity index (χ0) is 21.3. The van der Waals surface area contributed by atoms with Gasteiger partial charge in [0.25, 0.3) is 0 Å². The predicted molar refractivity (Wildman–Crippen MR) is 124 cm³/mol. The summed E-state index contributed by atoms with van der Waals surface area (Å²) in [5.41, 5.74) is 0.711. The summed E-state index contributed by atoms with van der Waals surface area (Å²) in [5, 5.41) is 10.9. The van der Waals surface area contributed by atoms with E-state index in [-0.39, 0.29) is 12.5 Å². The molecule has 2 aromatic rings. The normalized spacial score (nSPS) is 13.8. The van der Waals surface area contributed by atoms with Crippen LogP contribution in [0.4, 0.5) is 0 Å². The van der Waals surface area contributed by atoms with Crippen LogP contribution in [0.1, 0.15) is 45.1 Å². The second-order valence-corrected chi connectivity index (χ2v) is 14.3. The van der Waals surface area contributed by atoms with Crippen LogP contribution in [0.25, 0.3) is 0 Å². The number of aliphatic hydroxyl groups is 1. The van der Waals surface area contributed by atoms with E-state index < -0.39 is 14.3 Å². The van der Waals surface area contributed by atoms with Crippen LogP contribution in [-0.4, -0.2) is 30.4 Å².